The molecule has 1 N–H and O–H groups in total. The van der Waals surface area contributed by atoms with Crippen LogP contribution in [-0.4, -0.2) is 28.5 Å². The number of thioether (sulfide) groups is 1. The quantitative estimate of drug-likeness (QED) is 0.260. The summed E-state index contributed by atoms with van der Waals surface area (Å²) in [5.41, 5.74) is 2.01. The van der Waals surface area contributed by atoms with Crippen LogP contribution in [0, 0.1) is 0 Å². The first-order valence-corrected chi connectivity index (χ1v) is 13.5. The number of benzene rings is 3. The van der Waals surface area contributed by atoms with Gasteiger partial charge in [-0.2, -0.15) is 0 Å². The Hall–Kier alpha value is -2.30. The summed E-state index contributed by atoms with van der Waals surface area (Å²) in [5, 5.41) is 3.20. The number of ether oxygens (including phenoxy) is 1. The van der Waals surface area contributed by atoms with Crippen molar-refractivity contribution in [2.24, 2.45) is 0 Å². The highest BCUT2D eigenvalue weighted by Crippen LogP contribution is 2.38. The van der Waals surface area contributed by atoms with Crippen LogP contribution >= 0.6 is 66.8 Å². The van der Waals surface area contributed by atoms with Crippen molar-refractivity contribution in [1.82, 2.24) is 4.90 Å². The van der Waals surface area contributed by atoms with Gasteiger partial charge in [-0.05, 0) is 91.7 Å². The van der Waals surface area contributed by atoms with Gasteiger partial charge in [0.1, 0.15) is 18.9 Å². The van der Waals surface area contributed by atoms with Gasteiger partial charge in [0.05, 0.1) is 13.9 Å². The van der Waals surface area contributed by atoms with Crippen LogP contribution in [-0.2, 0) is 16.2 Å². The molecule has 0 atom stereocenters. The molecule has 0 aromatic heterocycles. The number of nitrogens with zero attached hydrogens (tertiary/aromatic N) is 1. The SMILES string of the molecule is O=C(CN1C(=O)S/C(=C/c2cc(Br)c(OCc3ccc(Cl)cc3Cl)c(Br)c2)C1=O)Nc1ccccc1. The van der Waals surface area contributed by atoms with E-state index in [2.05, 4.69) is 37.2 Å². The molecule has 3 aromatic carbocycles. The van der Waals surface area contributed by atoms with Crippen molar-refractivity contribution in [3.8, 4) is 5.75 Å². The third kappa shape index (κ3) is 6.52. The van der Waals surface area contributed by atoms with Crippen LogP contribution in [0.5, 0.6) is 5.75 Å². The highest BCUT2D eigenvalue weighted by atomic mass is 79.9. The summed E-state index contributed by atoms with van der Waals surface area (Å²) < 4.78 is 7.19. The van der Waals surface area contributed by atoms with Gasteiger partial charge in [0, 0.05) is 21.3 Å². The zero-order valence-corrected chi connectivity index (χ0v) is 23.8. The van der Waals surface area contributed by atoms with Gasteiger partial charge in [-0.15, -0.1) is 0 Å². The van der Waals surface area contributed by atoms with E-state index in [-0.39, 0.29) is 18.1 Å². The predicted molar refractivity (Wildman–Crippen MR) is 150 cm³/mol. The Labute approximate surface area is 238 Å². The molecular formula is C25H16Br2Cl2N2O4S. The second kappa shape index (κ2) is 11.8. The van der Waals surface area contributed by atoms with Gasteiger partial charge in [-0.25, -0.2) is 0 Å². The van der Waals surface area contributed by atoms with E-state index >= 15 is 0 Å². The number of carbonyl (C=O) groups is 3. The lowest BCUT2D eigenvalue weighted by Gasteiger charge is -2.13. The molecule has 1 fully saturated rings. The van der Waals surface area contributed by atoms with Crippen molar-refractivity contribution in [3.63, 3.8) is 0 Å². The number of anilines is 1. The lowest BCUT2D eigenvalue weighted by molar-refractivity contribution is -0.127. The monoisotopic (exact) mass is 668 g/mol. The summed E-state index contributed by atoms with van der Waals surface area (Å²) in [6, 6.07) is 17.5. The largest absolute Gasteiger partial charge is 0.486 e. The topological polar surface area (TPSA) is 75.7 Å². The minimum Gasteiger partial charge on any atom is -0.486 e. The fourth-order valence-corrected chi connectivity index (χ4v) is 5.99. The summed E-state index contributed by atoms with van der Waals surface area (Å²) in [4.78, 5) is 38.7. The van der Waals surface area contributed by atoms with Crippen LogP contribution < -0.4 is 10.1 Å². The molecule has 1 aliphatic heterocycles. The highest BCUT2D eigenvalue weighted by molar-refractivity contribution is 9.11. The van der Waals surface area contributed by atoms with E-state index in [1.807, 2.05) is 6.07 Å². The van der Waals surface area contributed by atoms with Crippen LogP contribution in [0.25, 0.3) is 6.08 Å². The van der Waals surface area contributed by atoms with Gasteiger partial charge < -0.3 is 10.1 Å². The van der Waals surface area contributed by atoms with E-state index in [4.69, 9.17) is 27.9 Å². The maximum Gasteiger partial charge on any atom is 0.294 e. The number of hydrogen-bond donors (Lipinski definition) is 1. The summed E-state index contributed by atoms with van der Waals surface area (Å²) in [7, 11) is 0. The molecule has 0 spiro atoms. The summed E-state index contributed by atoms with van der Waals surface area (Å²) in [5.74, 6) is -0.445. The Balaban J connectivity index is 1.45. The number of halogens is 4. The van der Waals surface area contributed by atoms with Crippen LogP contribution in [0.15, 0.2) is 74.5 Å². The molecule has 1 aliphatic rings. The molecule has 184 valence electrons. The Bertz CT molecular complexity index is 1360. The Morgan fingerprint density at radius 1 is 1.03 bits per heavy atom. The number of hydrogen-bond acceptors (Lipinski definition) is 5. The second-order valence-electron chi connectivity index (χ2n) is 7.52. The smallest absolute Gasteiger partial charge is 0.294 e. The first kappa shape index (κ1) is 26.8. The molecule has 0 aliphatic carbocycles. The molecule has 0 saturated carbocycles. The second-order valence-corrected chi connectivity index (χ2v) is 11.1. The molecule has 0 radical (unpaired) electrons. The van der Waals surface area contributed by atoms with E-state index in [1.165, 1.54) is 0 Å². The fraction of sp³-hybridized carbons (Fsp3) is 0.0800. The minimum absolute atomic E-state index is 0.216. The van der Waals surface area contributed by atoms with Crippen molar-refractivity contribution in [2.75, 3.05) is 11.9 Å². The van der Waals surface area contributed by atoms with E-state index in [0.29, 0.717) is 36.0 Å². The fourth-order valence-electron chi connectivity index (χ4n) is 3.24. The molecule has 0 unspecified atom stereocenters. The first-order chi connectivity index (χ1) is 17.2. The third-order valence-corrected chi connectivity index (χ3v) is 7.61. The van der Waals surface area contributed by atoms with Gasteiger partial charge in [0.15, 0.2) is 0 Å². The molecule has 3 aromatic rings. The van der Waals surface area contributed by atoms with Crippen molar-refractivity contribution < 1.29 is 19.1 Å². The zero-order valence-electron chi connectivity index (χ0n) is 18.3. The maximum absolute atomic E-state index is 12.8. The zero-order chi connectivity index (χ0) is 25.8. The van der Waals surface area contributed by atoms with Crippen LogP contribution in [0.1, 0.15) is 11.1 Å². The minimum atomic E-state index is -0.529. The van der Waals surface area contributed by atoms with E-state index in [0.717, 1.165) is 22.2 Å². The number of amides is 3. The van der Waals surface area contributed by atoms with Crippen molar-refractivity contribution in [1.29, 1.82) is 0 Å². The predicted octanol–water partition coefficient (Wildman–Crippen LogP) is 7.77. The maximum atomic E-state index is 12.8. The number of rotatable bonds is 7. The van der Waals surface area contributed by atoms with Gasteiger partial charge in [-0.1, -0.05) is 47.5 Å². The third-order valence-electron chi connectivity index (χ3n) is 4.94. The van der Waals surface area contributed by atoms with Crippen molar-refractivity contribution >= 4 is 95.6 Å². The number of carbonyl (C=O) groups excluding carboxylic acids is 3. The molecule has 11 heteroatoms. The van der Waals surface area contributed by atoms with Crippen molar-refractivity contribution in [3.05, 3.63) is 95.7 Å². The average molecular weight is 671 g/mol. The van der Waals surface area contributed by atoms with Crippen LogP contribution in [0.3, 0.4) is 0 Å². The lowest BCUT2D eigenvalue weighted by Crippen LogP contribution is -2.36. The van der Waals surface area contributed by atoms with Gasteiger partial charge in [0.25, 0.3) is 11.1 Å². The number of para-hydroxylation sites is 1. The van der Waals surface area contributed by atoms with E-state index in [9.17, 15) is 14.4 Å². The molecule has 0 bridgehead atoms. The highest BCUT2D eigenvalue weighted by Gasteiger charge is 2.36. The normalized spacial score (nSPS) is 14.4. The number of imide groups is 1. The summed E-state index contributed by atoms with van der Waals surface area (Å²) in [6.45, 7) is -0.152. The molecule has 36 heavy (non-hydrogen) atoms. The number of nitrogens with one attached hydrogen (secondary N) is 1. The molecule has 4 rings (SSSR count). The molecule has 3 amide bonds. The Kier molecular flexibility index (Phi) is 8.79. The Morgan fingerprint density at radius 2 is 1.72 bits per heavy atom. The standard InChI is InChI=1S/C25H16Br2Cl2N2O4S/c26-18-8-14(9-19(27)23(18)35-13-15-6-7-16(28)11-20(15)29)10-21-24(33)31(25(34)36-21)12-22(32)30-17-4-2-1-3-5-17/h1-11H,12-13H2,(H,30,32)/b21-10+. The summed E-state index contributed by atoms with van der Waals surface area (Å²) >= 11 is 19.9. The Morgan fingerprint density at radius 3 is 2.39 bits per heavy atom. The average Bonchev–Trinajstić information content (AvgIpc) is 3.07. The van der Waals surface area contributed by atoms with E-state index in [1.54, 1.807) is 60.7 Å². The van der Waals surface area contributed by atoms with Crippen LogP contribution in [0.4, 0.5) is 10.5 Å². The lowest BCUT2D eigenvalue weighted by atomic mass is 10.2. The van der Waals surface area contributed by atoms with Crippen LogP contribution in [0.2, 0.25) is 10.0 Å². The molecule has 1 saturated heterocycles. The first-order valence-electron chi connectivity index (χ1n) is 10.4. The van der Waals surface area contributed by atoms with Gasteiger partial charge in [0.2, 0.25) is 5.91 Å². The van der Waals surface area contributed by atoms with Gasteiger partial charge >= 0.3 is 0 Å². The van der Waals surface area contributed by atoms with Crippen molar-refractivity contribution in [2.45, 2.75) is 6.61 Å². The van der Waals surface area contributed by atoms with Gasteiger partial charge in [-0.3, -0.25) is 19.3 Å². The molecule has 6 nitrogen and oxygen atoms in total. The molecule has 1 heterocycles. The summed E-state index contributed by atoms with van der Waals surface area (Å²) in [6.07, 6.45) is 1.59. The molecular weight excluding hydrogens is 655 g/mol. The van der Waals surface area contributed by atoms with E-state index < -0.39 is 17.1 Å².